The summed E-state index contributed by atoms with van der Waals surface area (Å²) in [5.41, 5.74) is -2.06. The number of carbonyl (C=O) groups is 2. The fraction of sp³-hybridized carbons (Fsp3) is 0.862. The number of rotatable bonds is 2. The topological polar surface area (TPSA) is 152 Å². The van der Waals surface area contributed by atoms with Crippen LogP contribution in [-0.2, 0) is 28.5 Å². The highest BCUT2D eigenvalue weighted by Gasteiger charge is 2.73. The van der Waals surface area contributed by atoms with Crippen molar-refractivity contribution >= 4 is 12.3 Å². The van der Waals surface area contributed by atoms with Crippen LogP contribution in [0.5, 0.6) is 0 Å². The molecule has 6 fully saturated rings. The second-order valence-corrected chi connectivity index (χ2v) is 13.7. The Hall–Kier alpha value is -1.40. The third-order valence-corrected chi connectivity index (χ3v) is 12.2. The van der Waals surface area contributed by atoms with Gasteiger partial charge in [0.2, 0.25) is 12.1 Å². The van der Waals surface area contributed by atoms with Crippen LogP contribution < -0.4 is 0 Å². The number of hydrogen-bond donors (Lipinski definition) is 4. The highest BCUT2D eigenvalue weighted by Crippen LogP contribution is 2.70. The molecule has 0 radical (unpaired) electrons. The molecule has 14 atom stereocenters. The lowest BCUT2D eigenvalue weighted by Crippen LogP contribution is -2.71. The first-order valence-electron chi connectivity index (χ1n) is 14.6. The van der Waals surface area contributed by atoms with E-state index in [2.05, 4.69) is 0 Å². The molecule has 4 saturated carbocycles. The molecule has 0 spiro atoms. The van der Waals surface area contributed by atoms with E-state index in [-0.39, 0.29) is 54.9 Å². The van der Waals surface area contributed by atoms with Crippen molar-refractivity contribution in [3.05, 3.63) is 11.6 Å². The fourth-order valence-corrected chi connectivity index (χ4v) is 10.2. The first-order chi connectivity index (χ1) is 18.5. The maximum absolute atomic E-state index is 13.1. The molecule has 0 aromatic carbocycles. The van der Waals surface area contributed by atoms with Gasteiger partial charge in [0.1, 0.15) is 19.0 Å². The summed E-state index contributed by atoms with van der Waals surface area (Å²) >= 11 is 0. The van der Waals surface area contributed by atoms with Gasteiger partial charge in [0, 0.05) is 23.3 Å². The summed E-state index contributed by atoms with van der Waals surface area (Å²) in [5.74, 6) is -3.06. The second-order valence-electron chi connectivity index (χ2n) is 13.7. The van der Waals surface area contributed by atoms with E-state index in [1.165, 1.54) is 6.08 Å². The molecule has 3 heterocycles. The Labute approximate surface area is 227 Å². The summed E-state index contributed by atoms with van der Waals surface area (Å²) in [5, 5.41) is 45.8. The number of aldehydes is 1. The molecule has 4 N–H and O–H groups in total. The van der Waals surface area contributed by atoms with E-state index in [9.17, 15) is 30.0 Å². The van der Waals surface area contributed by atoms with E-state index in [1.807, 2.05) is 13.8 Å². The summed E-state index contributed by atoms with van der Waals surface area (Å²) in [4.78, 5) is 25.0. The molecule has 10 heteroatoms. The van der Waals surface area contributed by atoms with E-state index >= 15 is 0 Å². The quantitative estimate of drug-likeness (QED) is 0.223. The van der Waals surface area contributed by atoms with Crippen molar-refractivity contribution in [2.75, 3.05) is 6.61 Å². The van der Waals surface area contributed by atoms with Gasteiger partial charge in [0.05, 0.1) is 30.0 Å². The van der Waals surface area contributed by atoms with Gasteiger partial charge in [-0.25, -0.2) is 4.79 Å². The maximum Gasteiger partial charge on any atom is 0.331 e. The van der Waals surface area contributed by atoms with Crippen LogP contribution in [0, 0.1) is 34.5 Å². The van der Waals surface area contributed by atoms with Crippen LogP contribution in [0.2, 0.25) is 0 Å². The van der Waals surface area contributed by atoms with Crippen LogP contribution in [0.1, 0.15) is 65.2 Å². The summed E-state index contributed by atoms with van der Waals surface area (Å²) in [6.07, 6.45) is 2.08. The molecule has 3 aliphatic heterocycles. The zero-order chi connectivity index (χ0) is 27.5. The van der Waals surface area contributed by atoms with Gasteiger partial charge >= 0.3 is 5.97 Å². The van der Waals surface area contributed by atoms with Crippen molar-refractivity contribution in [1.29, 1.82) is 0 Å². The molecule has 0 unspecified atom stereocenters. The van der Waals surface area contributed by atoms with Gasteiger partial charge < -0.3 is 44.2 Å². The Morgan fingerprint density at radius 1 is 1.00 bits per heavy atom. The van der Waals surface area contributed by atoms with Crippen LogP contribution in [-0.4, -0.2) is 87.5 Å². The molecule has 10 nitrogen and oxygen atoms in total. The van der Waals surface area contributed by atoms with Crippen molar-refractivity contribution in [2.24, 2.45) is 34.5 Å². The Morgan fingerprint density at radius 3 is 2.51 bits per heavy atom. The Kier molecular flexibility index (Phi) is 5.82. The number of cyclic esters (lactones) is 1. The highest BCUT2D eigenvalue weighted by atomic mass is 16.8. The van der Waals surface area contributed by atoms with Gasteiger partial charge in [0.15, 0.2) is 0 Å². The van der Waals surface area contributed by atoms with Crippen LogP contribution in [0.25, 0.3) is 0 Å². The summed E-state index contributed by atoms with van der Waals surface area (Å²) in [7, 11) is 0. The van der Waals surface area contributed by atoms with Crippen LogP contribution in [0.4, 0.5) is 0 Å². The number of ether oxygens (including phenoxy) is 4. The smallest absolute Gasteiger partial charge is 0.331 e. The van der Waals surface area contributed by atoms with Gasteiger partial charge in [-0.05, 0) is 81.1 Å². The standard InChI is InChI=1S/C29H40O10/c1-14-7-23(32)29(35)25(37-14)38-20-9-16-3-4-18-17(27(16,13-30)11-21(20)39-29)5-6-26(2)19(10-22(31)28(18,26)34)15-8-24(33)36-12-15/h8,13-14,16-23,25,31-32,34-35H,3-7,9-12H2,1-2H3/t14-,16+,17+,18-,19-,20-,21-,22-,23-,25+,26-,27-,28-,29+/m1/s1. The van der Waals surface area contributed by atoms with E-state index < -0.39 is 46.8 Å². The van der Waals surface area contributed by atoms with E-state index in [0.29, 0.717) is 44.9 Å². The SMILES string of the molecule is C[C@@H]1C[C@@H](O)[C@]2(O)O[C@@H]3C[C@@]4(C=O)[C@@H](CC[C@@H]5[C@@H]4CC[C@]4(C)[C@@H](C6=CC(=O)OC6)C[C@@H](O)[C@]54O)C[C@H]3O[C@@H]2O1. The number of aliphatic hydroxyl groups is 4. The zero-order valence-electron chi connectivity index (χ0n) is 22.5. The minimum Gasteiger partial charge on any atom is -0.458 e. The van der Waals surface area contributed by atoms with Crippen molar-refractivity contribution < 1.29 is 49.0 Å². The average Bonchev–Trinajstić information content (AvgIpc) is 3.41. The second kappa shape index (κ2) is 8.56. The molecule has 0 aromatic heterocycles. The van der Waals surface area contributed by atoms with Crippen molar-refractivity contribution in [1.82, 2.24) is 0 Å². The molecule has 7 rings (SSSR count). The van der Waals surface area contributed by atoms with E-state index in [0.717, 1.165) is 11.9 Å². The minimum absolute atomic E-state index is 0.00379. The fourth-order valence-electron chi connectivity index (χ4n) is 10.2. The lowest BCUT2D eigenvalue weighted by molar-refractivity contribution is -0.457. The molecular formula is C29H40O10. The van der Waals surface area contributed by atoms with Crippen LogP contribution >= 0.6 is 0 Å². The average molecular weight is 549 g/mol. The Morgan fingerprint density at radius 2 is 1.79 bits per heavy atom. The molecular weight excluding hydrogens is 508 g/mol. The molecule has 0 aromatic rings. The van der Waals surface area contributed by atoms with E-state index in [4.69, 9.17) is 18.9 Å². The van der Waals surface area contributed by atoms with Gasteiger partial charge in [-0.15, -0.1) is 0 Å². The summed E-state index contributed by atoms with van der Waals surface area (Å²) < 4.78 is 23.4. The molecule has 0 bridgehead atoms. The van der Waals surface area contributed by atoms with Gasteiger partial charge in [-0.2, -0.15) is 0 Å². The Balaban J connectivity index is 1.20. The van der Waals surface area contributed by atoms with Gasteiger partial charge in [-0.1, -0.05) is 6.92 Å². The lowest BCUT2D eigenvalue weighted by atomic mass is 9.42. The molecule has 0 amide bonds. The molecule has 7 aliphatic rings. The van der Waals surface area contributed by atoms with Crippen LogP contribution in [0.3, 0.4) is 0 Å². The first-order valence-corrected chi connectivity index (χ1v) is 14.6. The summed E-state index contributed by atoms with van der Waals surface area (Å²) in [6.45, 7) is 4.02. The minimum atomic E-state index is -2.01. The predicted molar refractivity (Wildman–Crippen MR) is 133 cm³/mol. The third-order valence-electron chi connectivity index (χ3n) is 12.2. The largest absolute Gasteiger partial charge is 0.458 e. The number of hydrogen-bond acceptors (Lipinski definition) is 10. The van der Waals surface area contributed by atoms with Crippen molar-refractivity contribution in [3.8, 4) is 0 Å². The Bertz CT molecular complexity index is 1090. The first kappa shape index (κ1) is 26.5. The highest BCUT2D eigenvalue weighted by molar-refractivity contribution is 5.85. The van der Waals surface area contributed by atoms with E-state index in [1.54, 1.807) is 0 Å². The third kappa shape index (κ3) is 3.34. The number of esters is 1. The van der Waals surface area contributed by atoms with Gasteiger partial charge in [-0.3, -0.25) is 0 Å². The zero-order valence-corrected chi connectivity index (χ0v) is 22.5. The number of carbonyl (C=O) groups excluding carboxylic acids is 2. The molecule has 39 heavy (non-hydrogen) atoms. The molecule has 216 valence electrons. The van der Waals surface area contributed by atoms with Crippen molar-refractivity contribution in [2.45, 2.75) is 113 Å². The lowest BCUT2D eigenvalue weighted by Gasteiger charge is -2.65. The molecule has 2 saturated heterocycles. The maximum atomic E-state index is 13.1. The summed E-state index contributed by atoms with van der Waals surface area (Å²) in [6, 6.07) is 0. The molecule has 4 aliphatic carbocycles. The number of fused-ring (bicyclic) bond motifs is 7. The number of aliphatic hydroxyl groups excluding tert-OH is 2. The normalized spacial score (nSPS) is 58.2. The van der Waals surface area contributed by atoms with Crippen LogP contribution in [0.15, 0.2) is 11.6 Å². The predicted octanol–water partition coefficient (Wildman–Crippen LogP) is 0.972. The monoisotopic (exact) mass is 548 g/mol. The van der Waals surface area contributed by atoms with Gasteiger partial charge in [0.25, 0.3) is 0 Å². The van der Waals surface area contributed by atoms with Crippen molar-refractivity contribution in [3.63, 3.8) is 0 Å².